The summed E-state index contributed by atoms with van der Waals surface area (Å²) in [4.78, 5) is 4.53. The van der Waals surface area contributed by atoms with E-state index in [4.69, 9.17) is 11.6 Å². The van der Waals surface area contributed by atoms with Crippen molar-refractivity contribution in [1.29, 1.82) is 0 Å². The average molecular weight is 276 g/mol. The van der Waals surface area contributed by atoms with Crippen LogP contribution in [-0.2, 0) is 13.0 Å². The molecule has 0 bridgehead atoms. The van der Waals surface area contributed by atoms with Crippen LogP contribution in [0.15, 0.2) is 36.8 Å². The maximum Gasteiger partial charge on any atom is 0.137 e. The second kappa shape index (κ2) is 5.40. The second-order valence-corrected chi connectivity index (χ2v) is 4.78. The van der Waals surface area contributed by atoms with Gasteiger partial charge in [0.15, 0.2) is 0 Å². The molecule has 3 aromatic rings. The first-order valence-corrected chi connectivity index (χ1v) is 6.76. The van der Waals surface area contributed by atoms with Crippen molar-refractivity contribution in [3.8, 4) is 0 Å². The summed E-state index contributed by atoms with van der Waals surface area (Å²) in [6.45, 7) is 0.634. The molecule has 0 radical (unpaired) electrons. The number of halogens is 1. The Balaban J connectivity index is 1.75. The number of hydrogen-bond donors (Lipinski definition) is 0. The van der Waals surface area contributed by atoms with Crippen molar-refractivity contribution in [2.75, 3.05) is 5.88 Å². The molecule has 0 aliphatic rings. The maximum absolute atomic E-state index is 5.67. The number of aryl methyl sites for hydroxylation is 1. The lowest BCUT2D eigenvalue weighted by Crippen LogP contribution is -2.00. The molecule has 0 fully saturated rings. The SMILES string of the molecule is ClCCCc1cn(Cc2cn3ccccc3n2)nn1. The van der Waals surface area contributed by atoms with Gasteiger partial charge in [-0.3, -0.25) is 0 Å². The fraction of sp³-hybridized carbons (Fsp3) is 0.308. The van der Waals surface area contributed by atoms with Gasteiger partial charge in [-0.2, -0.15) is 0 Å². The van der Waals surface area contributed by atoms with Crippen LogP contribution >= 0.6 is 11.6 Å². The van der Waals surface area contributed by atoms with Crippen LogP contribution in [0, 0.1) is 0 Å². The second-order valence-electron chi connectivity index (χ2n) is 4.40. The summed E-state index contributed by atoms with van der Waals surface area (Å²) in [6.07, 6.45) is 7.74. The van der Waals surface area contributed by atoms with E-state index in [0.717, 1.165) is 29.9 Å². The minimum atomic E-state index is 0.634. The van der Waals surface area contributed by atoms with Crippen LogP contribution in [0.2, 0.25) is 0 Å². The normalized spacial score (nSPS) is 11.2. The molecule has 5 nitrogen and oxygen atoms in total. The molecule has 3 heterocycles. The van der Waals surface area contributed by atoms with E-state index in [1.165, 1.54) is 0 Å². The number of aromatic nitrogens is 5. The lowest BCUT2D eigenvalue weighted by atomic mass is 10.3. The van der Waals surface area contributed by atoms with Crippen molar-refractivity contribution in [1.82, 2.24) is 24.4 Å². The van der Waals surface area contributed by atoms with E-state index >= 15 is 0 Å². The summed E-state index contributed by atoms with van der Waals surface area (Å²) in [5, 5.41) is 8.23. The molecule has 6 heteroatoms. The molecule has 0 aliphatic carbocycles. The van der Waals surface area contributed by atoms with Gasteiger partial charge in [0.05, 0.1) is 17.9 Å². The smallest absolute Gasteiger partial charge is 0.137 e. The highest BCUT2D eigenvalue weighted by molar-refractivity contribution is 6.17. The Morgan fingerprint density at radius 2 is 2.11 bits per heavy atom. The summed E-state index contributed by atoms with van der Waals surface area (Å²) >= 11 is 5.67. The zero-order chi connectivity index (χ0) is 13.1. The van der Waals surface area contributed by atoms with Crippen molar-refractivity contribution in [3.05, 3.63) is 48.2 Å². The topological polar surface area (TPSA) is 48.0 Å². The Morgan fingerprint density at radius 3 is 2.95 bits per heavy atom. The van der Waals surface area contributed by atoms with Gasteiger partial charge in [-0.05, 0) is 25.0 Å². The third kappa shape index (κ3) is 2.76. The van der Waals surface area contributed by atoms with Crippen LogP contribution in [-0.4, -0.2) is 30.3 Å². The van der Waals surface area contributed by atoms with Gasteiger partial charge in [0.1, 0.15) is 5.65 Å². The first-order valence-electron chi connectivity index (χ1n) is 6.23. The molecule has 98 valence electrons. The third-order valence-electron chi connectivity index (χ3n) is 2.89. The van der Waals surface area contributed by atoms with Gasteiger partial charge in [0, 0.05) is 24.5 Å². The number of alkyl halides is 1. The van der Waals surface area contributed by atoms with E-state index in [-0.39, 0.29) is 0 Å². The number of hydrogen-bond acceptors (Lipinski definition) is 3. The lowest BCUT2D eigenvalue weighted by Gasteiger charge is -1.94. The fourth-order valence-electron chi connectivity index (χ4n) is 2.01. The summed E-state index contributed by atoms with van der Waals surface area (Å²) in [5.74, 6) is 0.652. The molecule has 0 saturated carbocycles. The van der Waals surface area contributed by atoms with E-state index in [2.05, 4.69) is 15.3 Å². The van der Waals surface area contributed by atoms with E-state index in [9.17, 15) is 0 Å². The van der Waals surface area contributed by atoms with Crippen LogP contribution < -0.4 is 0 Å². The highest BCUT2D eigenvalue weighted by Crippen LogP contribution is 2.06. The van der Waals surface area contributed by atoms with Crippen LogP contribution in [0.25, 0.3) is 5.65 Å². The van der Waals surface area contributed by atoms with Crippen molar-refractivity contribution >= 4 is 17.2 Å². The van der Waals surface area contributed by atoms with Gasteiger partial charge in [-0.25, -0.2) is 9.67 Å². The Hall–Kier alpha value is -1.88. The molecule has 19 heavy (non-hydrogen) atoms. The molecule has 0 spiro atoms. The molecule has 3 rings (SSSR count). The monoisotopic (exact) mass is 275 g/mol. The lowest BCUT2D eigenvalue weighted by molar-refractivity contribution is 0.640. The highest BCUT2D eigenvalue weighted by Gasteiger charge is 2.04. The van der Waals surface area contributed by atoms with Gasteiger partial charge in [-0.1, -0.05) is 11.3 Å². The standard InChI is InChI=1S/C13H14ClN5/c14-6-3-4-11-9-19(17-16-11)10-12-8-18-7-2-1-5-13(18)15-12/h1-2,5,7-9H,3-4,6,10H2. The van der Waals surface area contributed by atoms with Gasteiger partial charge >= 0.3 is 0 Å². The van der Waals surface area contributed by atoms with E-state index < -0.39 is 0 Å². The van der Waals surface area contributed by atoms with Crippen LogP contribution in [0.4, 0.5) is 0 Å². The summed E-state index contributed by atoms with van der Waals surface area (Å²) in [5.41, 5.74) is 2.89. The molecule has 0 saturated heterocycles. The number of rotatable bonds is 5. The summed E-state index contributed by atoms with van der Waals surface area (Å²) in [7, 11) is 0. The Labute approximate surface area is 115 Å². The summed E-state index contributed by atoms with van der Waals surface area (Å²) < 4.78 is 3.81. The Kier molecular flexibility index (Phi) is 3.46. The predicted octanol–water partition coefficient (Wildman–Crippen LogP) is 2.15. The Morgan fingerprint density at radius 1 is 1.16 bits per heavy atom. The predicted molar refractivity (Wildman–Crippen MR) is 73.4 cm³/mol. The van der Waals surface area contributed by atoms with Crippen molar-refractivity contribution < 1.29 is 0 Å². The van der Waals surface area contributed by atoms with E-state index in [1.807, 2.05) is 45.9 Å². The molecule has 0 aromatic carbocycles. The zero-order valence-electron chi connectivity index (χ0n) is 10.4. The number of fused-ring (bicyclic) bond motifs is 1. The number of pyridine rings is 1. The maximum atomic E-state index is 5.67. The molecular weight excluding hydrogens is 262 g/mol. The van der Waals surface area contributed by atoms with E-state index in [1.54, 1.807) is 0 Å². The summed E-state index contributed by atoms with van der Waals surface area (Å²) in [6, 6.07) is 5.95. The van der Waals surface area contributed by atoms with Crippen LogP contribution in [0.5, 0.6) is 0 Å². The molecule has 0 unspecified atom stereocenters. The van der Waals surface area contributed by atoms with Crippen LogP contribution in [0.1, 0.15) is 17.8 Å². The minimum Gasteiger partial charge on any atom is -0.307 e. The third-order valence-corrected chi connectivity index (χ3v) is 3.16. The van der Waals surface area contributed by atoms with Crippen molar-refractivity contribution in [3.63, 3.8) is 0 Å². The Bertz CT molecular complexity index is 639. The van der Waals surface area contributed by atoms with Crippen molar-refractivity contribution in [2.45, 2.75) is 19.4 Å². The fourth-order valence-corrected chi connectivity index (χ4v) is 2.14. The molecule has 0 aliphatic heterocycles. The first-order chi connectivity index (χ1) is 9.35. The quantitative estimate of drug-likeness (QED) is 0.671. The van der Waals surface area contributed by atoms with Gasteiger partial charge in [-0.15, -0.1) is 16.7 Å². The molecule has 3 aromatic heterocycles. The average Bonchev–Trinajstić information content (AvgIpc) is 3.02. The first kappa shape index (κ1) is 12.2. The minimum absolute atomic E-state index is 0.634. The van der Waals surface area contributed by atoms with Gasteiger partial charge in [0.25, 0.3) is 0 Å². The van der Waals surface area contributed by atoms with Crippen LogP contribution in [0.3, 0.4) is 0 Å². The van der Waals surface area contributed by atoms with E-state index in [0.29, 0.717) is 12.4 Å². The van der Waals surface area contributed by atoms with Crippen molar-refractivity contribution in [2.24, 2.45) is 0 Å². The van der Waals surface area contributed by atoms with Gasteiger partial charge in [0.2, 0.25) is 0 Å². The molecule has 0 N–H and O–H groups in total. The largest absolute Gasteiger partial charge is 0.307 e. The zero-order valence-corrected chi connectivity index (χ0v) is 11.2. The molecule has 0 amide bonds. The number of imidazole rings is 1. The number of nitrogens with zero attached hydrogens (tertiary/aromatic N) is 5. The molecular formula is C13H14ClN5. The molecule has 0 atom stereocenters. The highest BCUT2D eigenvalue weighted by atomic mass is 35.5. The van der Waals surface area contributed by atoms with Gasteiger partial charge < -0.3 is 4.40 Å².